The average Bonchev–Trinajstić information content (AvgIpc) is 2.72. The number of imidazole rings is 1. The topological polar surface area (TPSA) is 42.0 Å². The van der Waals surface area contributed by atoms with Crippen LogP contribution in [0.1, 0.15) is 11.3 Å². The Morgan fingerprint density at radius 2 is 1.95 bits per heavy atom. The van der Waals surface area contributed by atoms with Crippen molar-refractivity contribution in [3.05, 3.63) is 59.7 Å². The Balaban J connectivity index is 2.06. The van der Waals surface area contributed by atoms with Gasteiger partial charge in [0.2, 0.25) is 0 Å². The smallest absolute Gasteiger partial charge is 0.182 e. The van der Waals surface area contributed by atoms with E-state index in [1.165, 1.54) is 12.1 Å². The maximum Gasteiger partial charge on any atom is 0.182 e. The summed E-state index contributed by atoms with van der Waals surface area (Å²) in [5.74, 6) is 0.333. The van der Waals surface area contributed by atoms with E-state index in [0.717, 1.165) is 16.9 Å². The lowest BCUT2D eigenvalue weighted by molar-refractivity contribution is 0.628. The van der Waals surface area contributed by atoms with Gasteiger partial charge in [0, 0.05) is 12.3 Å². The number of hydrogen-bond donors (Lipinski definition) is 0. The molecule has 3 rings (SSSR count). The first-order valence-corrected chi connectivity index (χ1v) is 6.26. The number of aromatic nitrogens is 2. The van der Waals surface area contributed by atoms with Gasteiger partial charge in [-0.15, -0.1) is 10.2 Å². The zero-order chi connectivity index (χ0) is 14.1. The van der Waals surface area contributed by atoms with E-state index in [0.29, 0.717) is 11.5 Å². The van der Waals surface area contributed by atoms with E-state index in [9.17, 15) is 4.39 Å². The first kappa shape index (κ1) is 12.5. The molecule has 0 unspecified atom stereocenters. The van der Waals surface area contributed by atoms with Crippen molar-refractivity contribution in [2.75, 3.05) is 0 Å². The summed E-state index contributed by atoms with van der Waals surface area (Å²) in [4.78, 5) is 4.42. The largest absolute Gasteiger partial charge is 0.283 e. The molecule has 4 nitrogen and oxygen atoms in total. The number of pyridine rings is 1. The average molecular weight is 268 g/mol. The zero-order valence-electron chi connectivity index (χ0n) is 11.2. The number of benzene rings is 1. The lowest BCUT2D eigenvalue weighted by atomic mass is 10.3. The highest BCUT2D eigenvalue weighted by molar-refractivity contribution is 5.52. The van der Waals surface area contributed by atoms with Crippen molar-refractivity contribution in [2.45, 2.75) is 13.8 Å². The van der Waals surface area contributed by atoms with Gasteiger partial charge in [-0.2, -0.15) is 0 Å². The van der Waals surface area contributed by atoms with E-state index < -0.39 is 0 Å². The number of azo groups is 1. The highest BCUT2D eigenvalue weighted by atomic mass is 19.1. The summed E-state index contributed by atoms with van der Waals surface area (Å²) in [7, 11) is 0. The molecule has 0 bridgehead atoms. The summed E-state index contributed by atoms with van der Waals surface area (Å²) in [5, 5.41) is 8.28. The first-order chi connectivity index (χ1) is 9.63. The Hall–Kier alpha value is -2.56. The summed E-state index contributed by atoms with van der Waals surface area (Å²) in [6, 6.07) is 9.96. The molecule has 0 aliphatic heterocycles. The van der Waals surface area contributed by atoms with Crippen LogP contribution in [0.4, 0.5) is 15.9 Å². The SMILES string of the molecule is Cc1ccc2nc(C)c(N=Nc3cccc(F)c3)n2c1. The summed E-state index contributed by atoms with van der Waals surface area (Å²) in [6.07, 6.45) is 1.95. The van der Waals surface area contributed by atoms with E-state index in [1.54, 1.807) is 12.1 Å². The van der Waals surface area contributed by atoms with Crippen molar-refractivity contribution < 1.29 is 4.39 Å². The summed E-state index contributed by atoms with van der Waals surface area (Å²) < 4.78 is 15.0. The number of rotatable bonds is 2. The van der Waals surface area contributed by atoms with Gasteiger partial charge in [-0.1, -0.05) is 12.1 Å². The molecule has 2 heterocycles. The quantitative estimate of drug-likeness (QED) is 0.631. The van der Waals surface area contributed by atoms with E-state index in [2.05, 4.69) is 15.2 Å². The summed E-state index contributed by atoms with van der Waals surface area (Å²) >= 11 is 0. The Labute approximate surface area is 115 Å². The minimum atomic E-state index is -0.327. The molecule has 0 saturated carbocycles. The number of fused-ring (bicyclic) bond motifs is 1. The predicted molar refractivity (Wildman–Crippen MR) is 75.2 cm³/mol. The van der Waals surface area contributed by atoms with Gasteiger partial charge < -0.3 is 0 Å². The Bertz CT molecular complexity index is 805. The minimum absolute atomic E-state index is 0.327. The third-order valence-corrected chi connectivity index (χ3v) is 2.98. The zero-order valence-corrected chi connectivity index (χ0v) is 11.2. The van der Waals surface area contributed by atoms with Gasteiger partial charge in [0.1, 0.15) is 11.5 Å². The fourth-order valence-electron chi connectivity index (χ4n) is 2.02. The van der Waals surface area contributed by atoms with E-state index in [4.69, 9.17) is 0 Å². The van der Waals surface area contributed by atoms with Crippen molar-refractivity contribution in [3.63, 3.8) is 0 Å². The second-order valence-electron chi connectivity index (χ2n) is 4.64. The van der Waals surface area contributed by atoms with Crippen LogP contribution < -0.4 is 0 Å². The van der Waals surface area contributed by atoms with Crippen molar-refractivity contribution in [1.29, 1.82) is 0 Å². The van der Waals surface area contributed by atoms with E-state index in [-0.39, 0.29) is 5.82 Å². The van der Waals surface area contributed by atoms with Gasteiger partial charge in [0.15, 0.2) is 5.82 Å². The van der Waals surface area contributed by atoms with Crippen molar-refractivity contribution in [3.8, 4) is 0 Å². The number of nitrogens with zero attached hydrogens (tertiary/aromatic N) is 4. The third-order valence-electron chi connectivity index (χ3n) is 2.98. The fraction of sp³-hybridized carbons (Fsp3) is 0.133. The van der Waals surface area contributed by atoms with Crippen LogP contribution >= 0.6 is 0 Å². The second kappa shape index (κ2) is 4.85. The molecular weight excluding hydrogens is 255 g/mol. The molecule has 20 heavy (non-hydrogen) atoms. The molecule has 0 aliphatic rings. The Morgan fingerprint density at radius 3 is 2.75 bits per heavy atom. The summed E-state index contributed by atoms with van der Waals surface area (Å²) in [6.45, 7) is 3.88. The molecule has 0 radical (unpaired) electrons. The first-order valence-electron chi connectivity index (χ1n) is 6.26. The molecule has 3 aromatic rings. The normalized spacial score (nSPS) is 11.6. The lowest BCUT2D eigenvalue weighted by Gasteiger charge is -1.98. The minimum Gasteiger partial charge on any atom is -0.283 e. The van der Waals surface area contributed by atoms with Gasteiger partial charge in [0.05, 0.1) is 11.4 Å². The lowest BCUT2D eigenvalue weighted by Crippen LogP contribution is -1.84. The molecule has 0 spiro atoms. The van der Waals surface area contributed by atoms with Crippen LogP contribution in [-0.4, -0.2) is 9.38 Å². The van der Waals surface area contributed by atoms with Gasteiger partial charge in [-0.3, -0.25) is 4.40 Å². The Morgan fingerprint density at radius 1 is 1.10 bits per heavy atom. The van der Waals surface area contributed by atoms with Crippen LogP contribution in [0.2, 0.25) is 0 Å². The molecule has 2 aromatic heterocycles. The van der Waals surface area contributed by atoms with Crippen LogP contribution in [0.25, 0.3) is 5.65 Å². The highest BCUT2D eigenvalue weighted by Gasteiger charge is 2.07. The van der Waals surface area contributed by atoms with Crippen LogP contribution in [0.5, 0.6) is 0 Å². The van der Waals surface area contributed by atoms with Crippen molar-refractivity contribution in [1.82, 2.24) is 9.38 Å². The molecule has 100 valence electrons. The highest BCUT2D eigenvalue weighted by Crippen LogP contribution is 2.24. The maximum absolute atomic E-state index is 13.1. The van der Waals surface area contributed by atoms with Gasteiger partial charge >= 0.3 is 0 Å². The second-order valence-corrected chi connectivity index (χ2v) is 4.64. The van der Waals surface area contributed by atoms with Crippen molar-refractivity contribution in [2.24, 2.45) is 10.2 Å². The summed E-state index contributed by atoms with van der Waals surface area (Å²) in [5.41, 5.74) is 3.20. The number of halogens is 1. The van der Waals surface area contributed by atoms with Gasteiger partial charge in [-0.25, -0.2) is 9.37 Å². The molecule has 0 N–H and O–H groups in total. The van der Waals surface area contributed by atoms with E-state index >= 15 is 0 Å². The molecule has 1 aromatic carbocycles. The number of hydrogen-bond acceptors (Lipinski definition) is 3. The maximum atomic E-state index is 13.1. The fourth-order valence-corrected chi connectivity index (χ4v) is 2.02. The molecule has 0 amide bonds. The van der Waals surface area contributed by atoms with Gasteiger partial charge in [-0.05, 0) is 37.6 Å². The number of aryl methyl sites for hydroxylation is 2. The molecule has 0 atom stereocenters. The molecule has 0 aliphatic carbocycles. The molecule has 0 saturated heterocycles. The van der Waals surface area contributed by atoms with Crippen LogP contribution in [-0.2, 0) is 0 Å². The van der Waals surface area contributed by atoms with Crippen molar-refractivity contribution >= 4 is 17.2 Å². The van der Waals surface area contributed by atoms with Crippen LogP contribution in [0.15, 0.2) is 52.8 Å². The van der Waals surface area contributed by atoms with Crippen LogP contribution in [0.3, 0.4) is 0 Å². The van der Waals surface area contributed by atoms with E-state index in [1.807, 2.05) is 36.6 Å². The predicted octanol–water partition coefficient (Wildman–Crippen LogP) is 4.51. The third kappa shape index (κ3) is 2.30. The monoisotopic (exact) mass is 268 g/mol. The Kier molecular flexibility index (Phi) is 3.02. The molecule has 0 fully saturated rings. The van der Waals surface area contributed by atoms with Gasteiger partial charge in [0.25, 0.3) is 0 Å². The molecular formula is C15H13FN4. The standard InChI is InChI=1S/C15H13FN4/c1-10-6-7-14-17-11(2)15(20(14)9-10)19-18-13-5-3-4-12(16)8-13/h3-9H,1-2H3. The van der Waals surface area contributed by atoms with Crippen LogP contribution in [0, 0.1) is 19.7 Å². The molecule has 5 heteroatoms.